The molecule has 0 amide bonds. The number of phosphoric acid groups is 2. The average Bonchev–Trinajstić information content (AvgIpc) is 3.76. The first-order chi connectivity index (χ1) is 45.6. The molecule has 0 saturated carbocycles. The van der Waals surface area contributed by atoms with Gasteiger partial charge < -0.3 is 33.8 Å². The minimum Gasteiger partial charge on any atom is -0.462 e. The fourth-order valence-electron chi connectivity index (χ4n) is 11.5. The Morgan fingerprint density at radius 2 is 0.511 bits per heavy atom. The molecule has 0 rings (SSSR count). The van der Waals surface area contributed by atoms with Gasteiger partial charge in [-0.05, 0) is 31.6 Å². The molecule has 0 spiro atoms. The van der Waals surface area contributed by atoms with Gasteiger partial charge in [0, 0.05) is 25.7 Å². The Labute approximate surface area is 575 Å². The summed E-state index contributed by atoms with van der Waals surface area (Å²) in [5, 5.41) is 10.6. The highest BCUT2D eigenvalue weighted by molar-refractivity contribution is 7.47. The van der Waals surface area contributed by atoms with Gasteiger partial charge in [-0.3, -0.25) is 37.3 Å². The summed E-state index contributed by atoms with van der Waals surface area (Å²) in [6.45, 7) is 7.34. The van der Waals surface area contributed by atoms with Gasteiger partial charge in [0.05, 0.1) is 26.4 Å². The van der Waals surface area contributed by atoms with E-state index < -0.39 is 97.5 Å². The maximum Gasteiger partial charge on any atom is 0.472 e. The van der Waals surface area contributed by atoms with E-state index in [1.165, 1.54) is 218 Å². The zero-order valence-electron chi connectivity index (χ0n) is 61.1. The van der Waals surface area contributed by atoms with Crippen molar-refractivity contribution in [2.24, 2.45) is 5.92 Å². The number of hydrogen-bond acceptors (Lipinski definition) is 15. The highest BCUT2D eigenvalue weighted by Gasteiger charge is 2.30. The minimum absolute atomic E-state index is 0.108. The lowest BCUT2D eigenvalue weighted by Gasteiger charge is -2.21. The van der Waals surface area contributed by atoms with E-state index in [1.807, 2.05) is 0 Å². The van der Waals surface area contributed by atoms with Crippen LogP contribution >= 0.6 is 15.6 Å². The molecule has 0 aromatic heterocycles. The number of carbonyl (C=O) groups excluding carboxylic acids is 4. The number of hydrogen-bond donors (Lipinski definition) is 3. The van der Waals surface area contributed by atoms with Gasteiger partial charge in [-0.2, -0.15) is 0 Å². The first-order valence-electron chi connectivity index (χ1n) is 39.2. The predicted molar refractivity (Wildman–Crippen MR) is 382 cm³/mol. The molecule has 3 unspecified atom stereocenters. The van der Waals surface area contributed by atoms with Crippen molar-refractivity contribution in [2.45, 2.75) is 412 Å². The van der Waals surface area contributed by atoms with Crippen LogP contribution in [0.2, 0.25) is 0 Å². The Kier molecular flexibility index (Phi) is 66.8. The third-order valence-corrected chi connectivity index (χ3v) is 19.8. The van der Waals surface area contributed by atoms with E-state index in [0.717, 1.165) is 95.8 Å². The maximum atomic E-state index is 13.1. The van der Waals surface area contributed by atoms with Crippen LogP contribution < -0.4 is 0 Å². The van der Waals surface area contributed by atoms with Crippen molar-refractivity contribution >= 4 is 39.5 Å². The van der Waals surface area contributed by atoms with Crippen molar-refractivity contribution in [3.8, 4) is 0 Å². The summed E-state index contributed by atoms with van der Waals surface area (Å²) in [7, 11) is -9.91. The topological polar surface area (TPSA) is 237 Å². The number of ether oxygens (including phenoxy) is 4. The lowest BCUT2D eigenvalue weighted by atomic mass is 9.99. The van der Waals surface area contributed by atoms with Crippen LogP contribution in [0.25, 0.3) is 0 Å². The second kappa shape index (κ2) is 68.2. The second-order valence-corrected chi connectivity index (χ2v) is 30.2. The number of rotatable bonds is 75. The molecule has 94 heavy (non-hydrogen) atoms. The van der Waals surface area contributed by atoms with Crippen molar-refractivity contribution in [3.05, 3.63) is 0 Å². The van der Waals surface area contributed by atoms with E-state index in [0.29, 0.717) is 25.7 Å². The van der Waals surface area contributed by atoms with Crippen LogP contribution in [0.15, 0.2) is 0 Å². The largest absolute Gasteiger partial charge is 0.472 e. The highest BCUT2D eigenvalue weighted by Crippen LogP contribution is 2.45. The molecule has 0 aliphatic carbocycles. The third-order valence-electron chi connectivity index (χ3n) is 17.9. The van der Waals surface area contributed by atoms with Crippen molar-refractivity contribution in [1.82, 2.24) is 0 Å². The number of aliphatic hydroxyl groups is 1. The molecule has 3 N–H and O–H groups in total. The first kappa shape index (κ1) is 92.1. The molecular weight excluding hydrogens is 1230 g/mol. The Bertz CT molecular complexity index is 1810. The zero-order chi connectivity index (χ0) is 69.1. The van der Waals surface area contributed by atoms with Gasteiger partial charge >= 0.3 is 39.5 Å². The van der Waals surface area contributed by atoms with Crippen LogP contribution in [-0.2, 0) is 65.4 Å². The van der Waals surface area contributed by atoms with Gasteiger partial charge in [0.2, 0.25) is 0 Å². The lowest BCUT2D eigenvalue weighted by Crippen LogP contribution is -2.30. The Hall–Kier alpha value is -1.94. The standard InChI is InChI=1S/C75H146O17P2/c1-6-10-13-16-19-22-25-29-35-39-44-49-54-59-73(78)86-65-71(92-75(80)61-56-51-46-41-36-31-28-27-30-33-37-42-47-52-57-68(5)9-4)67-90-94(83,84)88-63-69(76)62-87-93(81,82)89-66-70(64-85-72(77)58-53-48-43-38-32-24-21-18-15-12-8-3)91-74(79)60-55-50-45-40-34-26-23-20-17-14-11-7-2/h68-71,76H,6-67H2,1-5H3,(H,81,82)(H,83,84)/t68?,69-,70+,71+/m0/s1. The molecule has 0 bridgehead atoms. The van der Waals surface area contributed by atoms with Crippen LogP contribution in [0.4, 0.5) is 0 Å². The summed E-state index contributed by atoms with van der Waals surface area (Å²) in [5.41, 5.74) is 0. The number of phosphoric ester groups is 2. The zero-order valence-corrected chi connectivity index (χ0v) is 62.9. The fourth-order valence-corrected chi connectivity index (χ4v) is 13.1. The van der Waals surface area contributed by atoms with E-state index in [-0.39, 0.29) is 25.7 Å². The number of esters is 4. The van der Waals surface area contributed by atoms with Crippen molar-refractivity contribution in [3.63, 3.8) is 0 Å². The van der Waals surface area contributed by atoms with Gasteiger partial charge in [0.15, 0.2) is 12.2 Å². The summed E-state index contributed by atoms with van der Waals surface area (Å²) in [6.07, 6.45) is 56.6. The van der Waals surface area contributed by atoms with Crippen LogP contribution in [0, 0.1) is 5.92 Å². The molecule has 6 atom stereocenters. The average molecular weight is 1380 g/mol. The quantitative estimate of drug-likeness (QED) is 0.0222. The Morgan fingerprint density at radius 1 is 0.298 bits per heavy atom. The summed E-state index contributed by atoms with van der Waals surface area (Å²) >= 11 is 0. The van der Waals surface area contributed by atoms with Crippen molar-refractivity contribution < 1.29 is 80.2 Å². The van der Waals surface area contributed by atoms with Gasteiger partial charge in [-0.1, -0.05) is 343 Å². The van der Waals surface area contributed by atoms with E-state index in [1.54, 1.807) is 0 Å². The molecule has 17 nitrogen and oxygen atoms in total. The molecule has 0 saturated heterocycles. The number of carbonyl (C=O) groups is 4. The maximum absolute atomic E-state index is 13.1. The van der Waals surface area contributed by atoms with Crippen LogP contribution in [0.3, 0.4) is 0 Å². The van der Waals surface area contributed by atoms with Crippen LogP contribution in [0.5, 0.6) is 0 Å². The molecule has 0 aromatic carbocycles. The third kappa shape index (κ3) is 67.3. The van der Waals surface area contributed by atoms with E-state index in [9.17, 15) is 43.2 Å². The predicted octanol–water partition coefficient (Wildman–Crippen LogP) is 22.1. The molecule has 0 fully saturated rings. The van der Waals surface area contributed by atoms with Crippen molar-refractivity contribution in [1.29, 1.82) is 0 Å². The Morgan fingerprint density at radius 3 is 0.755 bits per heavy atom. The summed E-state index contributed by atoms with van der Waals surface area (Å²) in [4.78, 5) is 72.8. The molecule has 0 heterocycles. The van der Waals surface area contributed by atoms with Crippen LogP contribution in [0.1, 0.15) is 394 Å². The van der Waals surface area contributed by atoms with Crippen LogP contribution in [-0.4, -0.2) is 96.7 Å². The molecule has 0 aromatic rings. The van der Waals surface area contributed by atoms with E-state index in [4.69, 9.17) is 37.0 Å². The number of unbranched alkanes of at least 4 members (excludes halogenated alkanes) is 46. The molecule has 19 heteroatoms. The van der Waals surface area contributed by atoms with Gasteiger partial charge in [-0.25, -0.2) is 9.13 Å². The SMILES string of the molecule is CCCCCCCCCCCCCCCC(=O)OC[C@H](COP(=O)(O)OC[C@@H](O)COP(=O)(O)OC[C@@H](COC(=O)CCCCCCCCCCCCC)OC(=O)CCCCCCCCCCCCCC)OC(=O)CCCCCCCCCCCCCCCCC(C)CC. The number of aliphatic hydroxyl groups excluding tert-OH is 1. The van der Waals surface area contributed by atoms with Gasteiger partial charge in [-0.15, -0.1) is 0 Å². The molecular formula is C75H146O17P2. The molecule has 0 radical (unpaired) electrons. The molecule has 0 aliphatic rings. The lowest BCUT2D eigenvalue weighted by molar-refractivity contribution is -0.161. The first-order valence-corrected chi connectivity index (χ1v) is 42.2. The summed E-state index contributed by atoms with van der Waals surface area (Å²) in [6, 6.07) is 0. The van der Waals surface area contributed by atoms with E-state index >= 15 is 0 Å². The Balaban J connectivity index is 5.24. The van der Waals surface area contributed by atoms with Crippen molar-refractivity contribution in [2.75, 3.05) is 39.6 Å². The smallest absolute Gasteiger partial charge is 0.462 e. The highest BCUT2D eigenvalue weighted by atomic mass is 31.2. The second-order valence-electron chi connectivity index (χ2n) is 27.3. The minimum atomic E-state index is -4.96. The van der Waals surface area contributed by atoms with E-state index in [2.05, 4.69) is 34.6 Å². The monoisotopic (exact) mass is 1380 g/mol. The van der Waals surface area contributed by atoms with Gasteiger partial charge in [0.1, 0.15) is 19.3 Å². The summed E-state index contributed by atoms with van der Waals surface area (Å²) < 4.78 is 68.5. The van der Waals surface area contributed by atoms with Gasteiger partial charge in [0.25, 0.3) is 0 Å². The molecule has 0 aliphatic heterocycles. The molecule has 558 valence electrons. The summed E-state index contributed by atoms with van der Waals surface area (Å²) in [5.74, 6) is -1.27. The fraction of sp³-hybridized carbons (Fsp3) is 0.947. The normalized spacial score (nSPS) is 14.3.